The van der Waals surface area contributed by atoms with Gasteiger partial charge >= 0.3 is 0 Å². The van der Waals surface area contributed by atoms with E-state index in [0.29, 0.717) is 6.04 Å². The van der Waals surface area contributed by atoms with Crippen LogP contribution in [-0.2, 0) is 6.54 Å². The Labute approximate surface area is 104 Å². The SMILES string of the molecule is CNC1CCN(Cc2cccc(C)c2)C1.Cl. The summed E-state index contributed by atoms with van der Waals surface area (Å²) in [6.45, 7) is 5.66. The zero-order valence-corrected chi connectivity index (χ0v) is 10.9. The molecule has 1 aliphatic heterocycles. The average molecular weight is 241 g/mol. The standard InChI is InChI=1S/C13H20N2.ClH/c1-11-4-3-5-12(8-11)9-15-7-6-13(10-15)14-2;/h3-5,8,13-14H,6-7,9-10H2,1-2H3;1H. The Kier molecular flexibility index (Phi) is 5.26. The molecule has 3 heteroatoms. The summed E-state index contributed by atoms with van der Waals surface area (Å²) in [7, 11) is 2.06. The van der Waals surface area contributed by atoms with E-state index in [9.17, 15) is 0 Å². The molecule has 90 valence electrons. The largest absolute Gasteiger partial charge is 0.316 e. The summed E-state index contributed by atoms with van der Waals surface area (Å²) in [4.78, 5) is 2.52. The van der Waals surface area contributed by atoms with Crippen LogP contribution in [-0.4, -0.2) is 31.1 Å². The van der Waals surface area contributed by atoms with Gasteiger partial charge in [-0.05, 0) is 26.0 Å². The van der Waals surface area contributed by atoms with Gasteiger partial charge in [-0.2, -0.15) is 0 Å². The van der Waals surface area contributed by atoms with Gasteiger partial charge in [0.05, 0.1) is 0 Å². The van der Waals surface area contributed by atoms with Crippen LogP contribution in [0.1, 0.15) is 17.5 Å². The molecule has 1 aromatic carbocycles. The molecule has 0 amide bonds. The highest BCUT2D eigenvalue weighted by molar-refractivity contribution is 5.85. The predicted octanol–water partition coefficient (Wildman–Crippen LogP) is 2.21. The van der Waals surface area contributed by atoms with Gasteiger partial charge in [-0.1, -0.05) is 29.8 Å². The zero-order valence-electron chi connectivity index (χ0n) is 10.1. The van der Waals surface area contributed by atoms with Crippen molar-refractivity contribution in [3.8, 4) is 0 Å². The van der Waals surface area contributed by atoms with Crippen LogP contribution in [0.2, 0.25) is 0 Å². The lowest BCUT2D eigenvalue weighted by Crippen LogP contribution is -2.29. The summed E-state index contributed by atoms with van der Waals surface area (Å²) in [5.74, 6) is 0. The lowest BCUT2D eigenvalue weighted by Gasteiger charge is -2.16. The first-order valence-corrected chi connectivity index (χ1v) is 5.73. The van der Waals surface area contributed by atoms with Crippen molar-refractivity contribution >= 4 is 12.4 Å². The highest BCUT2D eigenvalue weighted by Crippen LogP contribution is 2.13. The molecule has 0 saturated carbocycles. The maximum absolute atomic E-state index is 3.35. The maximum atomic E-state index is 3.35. The Morgan fingerprint density at radius 1 is 1.44 bits per heavy atom. The second-order valence-electron chi connectivity index (χ2n) is 4.50. The lowest BCUT2D eigenvalue weighted by atomic mass is 10.1. The molecule has 1 heterocycles. The van der Waals surface area contributed by atoms with Crippen LogP contribution >= 0.6 is 12.4 Å². The summed E-state index contributed by atoms with van der Waals surface area (Å²) in [5, 5.41) is 3.35. The van der Waals surface area contributed by atoms with Crippen LogP contribution in [0.5, 0.6) is 0 Å². The second-order valence-corrected chi connectivity index (χ2v) is 4.50. The Morgan fingerprint density at radius 3 is 2.88 bits per heavy atom. The second kappa shape index (κ2) is 6.24. The minimum atomic E-state index is 0. The van der Waals surface area contributed by atoms with Gasteiger partial charge in [0.2, 0.25) is 0 Å². The first-order chi connectivity index (χ1) is 7.28. The quantitative estimate of drug-likeness (QED) is 0.872. The Morgan fingerprint density at radius 2 is 2.25 bits per heavy atom. The van der Waals surface area contributed by atoms with Gasteiger partial charge in [-0.25, -0.2) is 0 Å². The molecule has 0 aromatic heterocycles. The fourth-order valence-electron chi connectivity index (χ4n) is 2.28. The normalized spacial score (nSPS) is 20.8. The van der Waals surface area contributed by atoms with E-state index in [1.54, 1.807) is 0 Å². The van der Waals surface area contributed by atoms with E-state index in [0.717, 1.165) is 6.54 Å². The first kappa shape index (κ1) is 13.5. The maximum Gasteiger partial charge on any atom is 0.0234 e. The molecule has 0 spiro atoms. The van der Waals surface area contributed by atoms with E-state index in [2.05, 4.69) is 48.5 Å². The van der Waals surface area contributed by atoms with Crippen LogP contribution in [0.15, 0.2) is 24.3 Å². The van der Waals surface area contributed by atoms with Crippen molar-refractivity contribution in [2.45, 2.75) is 25.9 Å². The van der Waals surface area contributed by atoms with Crippen LogP contribution in [0.4, 0.5) is 0 Å². The van der Waals surface area contributed by atoms with Crippen molar-refractivity contribution in [1.82, 2.24) is 10.2 Å². The number of rotatable bonds is 3. The van der Waals surface area contributed by atoms with Crippen molar-refractivity contribution < 1.29 is 0 Å². The minimum absolute atomic E-state index is 0. The molecule has 1 aliphatic rings. The van der Waals surface area contributed by atoms with Crippen molar-refractivity contribution in [2.24, 2.45) is 0 Å². The third kappa shape index (κ3) is 3.48. The number of nitrogens with one attached hydrogen (secondary N) is 1. The van der Waals surface area contributed by atoms with Crippen molar-refractivity contribution in [1.29, 1.82) is 0 Å². The van der Waals surface area contributed by atoms with Crippen LogP contribution in [0.25, 0.3) is 0 Å². The molecule has 1 saturated heterocycles. The highest BCUT2D eigenvalue weighted by atomic mass is 35.5. The van der Waals surface area contributed by atoms with Gasteiger partial charge < -0.3 is 5.32 Å². The molecule has 1 atom stereocenters. The van der Waals surface area contributed by atoms with Crippen LogP contribution < -0.4 is 5.32 Å². The molecule has 0 bridgehead atoms. The van der Waals surface area contributed by atoms with E-state index >= 15 is 0 Å². The Hall–Kier alpha value is -0.570. The molecular weight excluding hydrogens is 220 g/mol. The number of hydrogen-bond acceptors (Lipinski definition) is 2. The molecule has 1 aromatic rings. The summed E-state index contributed by atoms with van der Waals surface area (Å²) < 4.78 is 0. The molecule has 16 heavy (non-hydrogen) atoms. The summed E-state index contributed by atoms with van der Waals surface area (Å²) in [6.07, 6.45) is 1.28. The number of hydrogen-bond donors (Lipinski definition) is 1. The van der Waals surface area contributed by atoms with Crippen molar-refractivity contribution in [3.05, 3.63) is 35.4 Å². The third-order valence-corrected chi connectivity index (χ3v) is 3.17. The van der Waals surface area contributed by atoms with Gasteiger partial charge in [0.15, 0.2) is 0 Å². The number of halogens is 1. The number of aryl methyl sites for hydroxylation is 1. The fourth-order valence-corrected chi connectivity index (χ4v) is 2.28. The number of likely N-dealkylation sites (N-methyl/N-ethyl adjacent to an activating group) is 1. The molecule has 1 N–H and O–H groups in total. The minimum Gasteiger partial charge on any atom is -0.316 e. The Balaban J connectivity index is 0.00000128. The van der Waals surface area contributed by atoms with E-state index in [1.165, 1.54) is 30.6 Å². The molecular formula is C13H21ClN2. The fraction of sp³-hybridized carbons (Fsp3) is 0.538. The van der Waals surface area contributed by atoms with Crippen LogP contribution in [0.3, 0.4) is 0 Å². The van der Waals surface area contributed by atoms with E-state index in [1.807, 2.05) is 0 Å². The highest BCUT2D eigenvalue weighted by Gasteiger charge is 2.20. The first-order valence-electron chi connectivity index (χ1n) is 5.73. The van der Waals surface area contributed by atoms with Crippen LogP contribution in [0, 0.1) is 6.92 Å². The smallest absolute Gasteiger partial charge is 0.0234 e. The summed E-state index contributed by atoms with van der Waals surface area (Å²) in [6, 6.07) is 9.50. The molecule has 0 aliphatic carbocycles. The van der Waals surface area contributed by atoms with Gasteiger partial charge in [0.1, 0.15) is 0 Å². The van der Waals surface area contributed by atoms with Gasteiger partial charge in [-0.15, -0.1) is 12.4 Å². The molecule has 1 fully saturated rings. The lowest BCUT2D eigenvalue weighted by molar-refractivity contribution is 0.322. The van der Waals surface area contributed by atoms with Crippen molar-refractivity contribution in [3.63, 3.8) is 0 Å². The molecule has 0 radical (unpaired) electrons. The zero-order chi connectivity index (χ0) is 10.7. The summed E-state index contributed by atoms with van der Waals surface area (Å²) in [5.41, 5.74) is 2.80. The van der Waals surface area contributed by atoms with E-state index in [-0.39, 0.29) is 12.4 Å². The van der Waals surface area contributed by atoms with Crippen molar-refractivity contribution in [2.75, 3.05) is 20.1 Å². The van der Waals surface area contributed by atoms with Gasteiger partial charge in [-0.3, -0.25) is 4.90 Å². The number of likely N-dealkylation sites (tertiary alicyclic amines) is 1. The monoisotopic (exact) mass is 240 g/mol. The Bertz CT molecular complexity index is 327. The van der Waals surface area contributed by atoms with E-state index < -0.39 is 0 Å². The average Bonchev–Trinajstić information content (AvgIpc) is 2.65. The molecule has 2 nitrogen and oxygen atoms in total. The topological polar surface area (TPSA) is 15.3 Å². The van der Waals surface area contributed by atoms with Gasteiger partial charge in [0.25, 0.3) is 0 Å². The van der Waals surface area contributed by atoms with E-state index in [4.69, 9.17) is 0 Å². The number of nitrogens with zero attached hydrogens (tertiary/aromatic N) is 1. The molecule has 1 unspecified atom stereocenters. The summed E-state index contributed by atoms with van der Waals surface area (Å²) >= 11 is 0. The number of benzene rings is 1. The third-order valence-electron chi connectivity index (χ3n) is 3.17. The molecule has 2 rings (SSSR count). The van der Waals surface area contributed by atoms with Gasteiger partial charge in [0, 0.05) is 25.7 Å². The predicted molar refractivity (Wildman–Crippen MR) is 71.2 cm³/mol.